The van der Waals surface area contributed by atoms with E-state index in [1.165, 1.54) is 0 Å². The molecular formula is C16H15F3N4S. The third-order valence-electron chi connectivity index (χ3n) is 3.90. The number of thiazole rings is 1. The largest absolute Gasteiger partial charge is 0.427 e. The Hall–Kier alpha value is -2.27. The standard InChI is InChI=1S/C16H15F3N4S/c17-16(18,19)14-11-21-15(24-14)23-7-3-6-22(8-9-23)13-5-2-1-4-12(13)10-20/h1-2,4-5,11H,3,6-9H2. The lowest BCUT2D eigenvalue weighted by Gasteiger charge is -2.24. The summed E-state index contributed by atoms with van der Waals surface area (Å²) in [5.74, 6) is 0. The van der Waals surface area contributed by atoms with E-state index in [0.29, 0.717) is 41.7 Å². The maximum absolute atomic E-state index is 12.7. The highest BCUT2D eigenvalue weighted by Gasteiger charge is 2.34. The molecule has 1 fully saturated rings. The maximum atomic E-state index is 12.7. The van der Waals surface area contributed by atoms with Crippen LogP contribution in [-0.2, 0) is 6.18 Å². The van der Waals surface area contributed by atoms with E-state index < -0.39 is 11.1 Å². The summed E-state index contributed by atoms with van der Waals surface area (Å²) in [5.41, 5.74) is 1.48. The first-order valence-corrected chi connectivity index (χ1v) is 8.33. The fourth-order valence-electron chi connectivity index (χ4n) is 2.74. The molecule has 0 amide bonds. The smallest absolute Gasteiger partial charge is 0.369 e. The van der Waals surface area contributed by atoms with Gasteiger partial charge in [0.2, 0.25) is 0 Å². The molecule has 0 N–H and O–H groups in total. The Morgan fingerprint density at radius 2 is 1.79 bits per heavy atom. The number of nitrogens with zero attached hydrogens (tertiary/aromatic N) is 4. The van der Waals surface area contributed by atoms with E-state index in [0.717, 1.165) is 24.8 Å². The van der Waals surface area contributed by atoms with Gasteiger partial charge in [0.15, 0.2) is 5.13 Å². The zero-order valence-electron chi connectivity index (χ0n) is 12.8. The van der Waals surface area contributed by atoms with Gasteiger partial charge in [0.05, 0.1) is 17.4 Å². The Morgan fingerprint density at radius 3 is 2.50 bits per heavy atom. The molecule has 4 nitrogen and oxygen atoms in total. The first kappa shape index (κ1) is 16.6. The number of para-hydroxylation sites is 1. The van der Waals surface area contributed by atoms with Crippen molar-refractivity contribution in [1.82, 2.24) is 4.98 Å². The lowest BCUT2D eigenvalue weighted by atomic mass is 10.1. The van der Waals surface area contributed by atoms with Gasteiger partial charge in [-0.25, -0.2) is 4.98 Å². The zero-order valence-corrected chi connectivity index (χ0v) is 13.6. The number of rotatable bonds is 2. The topological polar surface area (TPSA) is 43.2 Å². The summed E-state index contributed by atoms with van der Waals surface area (Å²) in [6, 6.07) is 9.56. The summed E-state index contributed by atoms with van der Waals surface area (Å²) in [4.78, 5) is 7.25. The molecule has 1 aromatic carbocycles. The highest BCUT2D eigenvalue weighted by atomic mass is 32.1. The van der Waals surface area contributed by atoms with Crippen LogP contribution in [0.1, 0.15) is 16.9 Å². The molecule has 0 aliphatic carbocycles. The van der Waals surface area contributed by atoms with E-state index in [1.54, 1.807) is 6.07 Å². The van der Waals surface area contributed by atoms with Crippen molar-refractivity contribution in [3.8, 4) is 6.07 Å². The fraction of sp³-hybridized carbons (Fsp3) is 0.375. The van der Waals surface area contributed by atoms with Crippen molar-refractivity contribution < 1.29 is 13.2 Å². The predicted octanol–water partition coefficient (Wildman–Crippen LogP) is 3.75. The summed E-state index contributed by atoms with van der Waals surface area (Å²) in [6.07, 6.45) is -2.66. The molecule has 1 aliphatic rings. The molecule has 1 aromatic heterocycles. The van der Waals surface area contributed by atoms with Crippen LogP contribution < -0.4 is 9.80 Å². The minimum atomic E-state index is -4.35. The van der Waals surface area contributed by atoms with Gasteiger partial charge in [0, 0.05) is 26.2 Å². The number of anilines is 2. The number of hydrogen-bond acceptors (Lipinski definition) is 5. The van der Waals surface area contributed by atoms with Gasteiger partial charge >= 0.3 is 6.18 Å². The number of halogens is 3. The van der Waals surface area contributed by atoms with Gasteiger partial charge in [-0.15, -0.1) is 0 Å². The van der Waals surface area contributed by atoms with Crippen molar-refractivity contribution in [3.05, 3.63) is 40.9 Å². The molecule has 2 aromatic rings. The van der Waals surface area contributed by atoms with E-state index >= 15 is 0 Å². The highest BCUT2D eigenvalue weighted by molar-refractivity contribution is 7.15. The number of hydrogen-bond donors (Lipinski definition) is 0. The van der Waals surface area contributed by atoms with E-state index in [2.05, 4.69) is 16.0 Å². The van der Waals surface area contributed by atoms with Crippen molar-refractivity contribution in [2.45, 2.75) is 12.6 Å². The fourth-order valence-corrected chi connectivity index (χ4v) is 3.57. The Kier molecular flexibility index (Phi) is 4.62. The number of alkyl halides is 3. The monoisotopic (exact) mass is 352 g/mol. The third-order valence-corrected chi connectivity index (χ3v) is 5.01. The molecule has 0 radical (unpaired) electrons. The molecule has 3 rings (SSSR count). The maximum Gasteiger partial charge on any atom is 0.427 e. The number of nitriles is 1. The lowest BCUT2D eigenvalue weighted by molar-refractivity contribution is -0.134. The molecule has 0 atom stereocenters. The Bertz CT molecular complexity index is 750. The predicted molar refractivity (Wildman–Crippen MR) is 87.3 cm³/mol. The molecule has 0 bridgehead atoms. The second-order valence-electron chi connectivity index (χ2n) is 5.46. The van der Waals surface area contributed by atoms with Crippen LogP contribution in [0.4, 0.5) is 24.0 Å². The average molecular weight is 352 g/mol. The minimum Gasteiger partial charge on any atom is -0.369 e. The molecule has 2 heterocycles. The van der Waals surface area contributed by atoms with Crippen LogP contribution in [0.25, 0.3) is 0 Å². The Morgan fingerprint density at radius 1 is 1.08 bits per heavy atom. The molecule has 0 unspecified atom stereocenters. The van der Waals surface area contributed by atoms with Gasteiger partial charge in [-0.3, -0.25) is 0 Å². The molecule has 1 aliphatic heterocycles. The zero-order chi connectivity index (χ0) is 17.2. The van der Waals surface area contributed by atoms with E-state index in [-0.39, 0.29) is 0 Å². The van der Waals surface area contributed by atoms with Gasteiger partial charge in [0.25, 0.3) is 0 Å². The van der Waals surface area contributed by atoms with Crippen LogP contribution in [-0.4, -0.2) is 31.2 Å². The molecule has 126 valence electrons. The van der Waals surface area contributed by atoms with Crippen molar-refractivity contribution in [2.24, 2.45) is 0 Å². The quantitative estimate of drug-likeness (QED) is 0.826. The van der Waals surface area contributed by atoms with Crippen molar-refractivity contribution in [3.63, 3.8) is 0 Å². The van der Waals surface area contributed by atoms with Crippen LogP contribution in [0, 0.1) is 11.3 Å². The SMILES string of the molecule is N#Cc1ccccc1N1CCCN(c2ncc(C(F)(F)F)s2)CC1. The van der Waals surface area contributed by atoms with Crippen molar-refractivity contribution in [2.75, 3.05) is 36.0 Å². The van der Waals surface area contributed by atoms with Gasteiger partial charge in [0.1, 0.15) is 10.9 Å². The van der Waals surface area contributed by atoms with E-state index in [1.807, 2.05) is 23.1 Å². The second kappa shape index (κ2) is 6.69. The number of benzene rings is 1. The molecular weight excluding hydrogens is 337 g/mol. The first-order chi connectivity index (χ1) is 11.5. The second-order valence-corrected chi connectivity index (χ2v) is 6.47. The summed E-state index contributed by atoms with van der Waals surface area (Å²) >= 11 is 0.679. The highest BCUT2D eigenvalue weighted by Crippen LogP contribution is 2.36. The average Bonchev–Trinajstić information content (AvgIpc) is 2.94. The van der Waals surface area contributed by atoms with Crippen molar-refractivity contribution >= 4 is 22.2 Å². The van der Waals surface area contributed by atoms with Gasteiger partial charge < -0.3 is 9.80 Å². The van der Waals surface area contributed by atoms with Crippen LogP contribution in [0.3, 0.4) is 0 Å². The van der Waals surface area contributed by atoms with Crippen LogP contribution >= 0.6 is 11.3 Å². The molecule has 24 heavy (non-hydrogen) atoms. The van der Waals surface area contributed by atoms with Crippen LogP contribution in [0.2, 0.25) is 0 Å². The molecule has 1 saturated heterocycles. The van der Waals surface area contributed by atoms with Gasteiger partial charge in [-0.1, -0.05) is 23.5 Å². The van der Waals surface area contributed by atoms with Gasteiger partial charge in [-0.2, -0.15) is 18.4 Å². The van der Waals surface area contributed by atoms with E-state index in [4.69, 9.17) is 0 Å². The summed E-state index contributed by atoms with van der Waals surface area (Å²) in [6.45, 7) is 2.62. The van der Waals surface area contributed by atoms with Crippen LogP contribution in [0.15, 0.2) is 30.5 Å². The normalized spacial score (nSPS) is 15.9. The molecule has 0 spiro atoms. The first-order valence-electron chi connectivity index (χ1n) is 7.51. The number of aromatic nitrogens is 1. The summed E-state index contributed by atoms with van der Waals surface area (Å²) in [7, 11) is 0. The summed E-state index contributed by atoms with van der Waals surface area (Å²) in [5, 5.41) is 9.63. The van der Waals surface area contributed by atoms with Crippen molar-refractivity contribution in [1.29, 1.82) is 5.26 Å². The lowest BCUT2D eigenvalue weighted by Crippen LogP contribution is -2.31. The third kappa shape index (κ3) is 3.46. The summed E-state index contributed by atoms with van der Waals surface area (Å²) < 4.78 is 38.2. The molecule has 8 heteroatoms. The molecule has 0 saturated carbocycles. The Balaban J connectivity index is 1.74. The van der Waals surface area contributed by atoms with Crippen LogP contribution in [0.5, 0.6) is 0 Å². The Labute approximate surface area is 141 Å². The minimum absolute atomic E-state index is 0.401. The van der Waals surface area contributed by atoms with E-state index in [9.17, 15) is 18.4 Å². The van der Waals surface area contributed by atoms with Gasteiger partial charge in [-0.05, 0) is 18.6 Å².